The normalized spacial score (nSPS) is 11.6. The molecular formula is C10H7BrClF3OS. The van der Waals surface area contributed by atoms with Crippen LogP contribution in [0.2, 0.25) is 0 Å². The van der Waals surface area contributed by atoms with E-state index in [0.29, 0.717) is 4.47 Å². The van der Waals surface area contributed by atoms with Gasteiger partial charge < -0.3 is 0 Å². The summed E-state index contributed by atoms with van der Waals surface area (Å²) >= 11 is 8.24. The van der Waals surface area contributed by atoms with Crippen LogP contribution in [0.5, 0.6) is 0 Å². The van der Waals surface area contributed by atoms with E-state index in [1.54, 1.807) is 0 Å². The number of carbonyl (C=O) groups excluding carboxylic acids is 1. The first-order valence-corrected chi connectivity index (χ1v) is 6.62. The van der Waals surface area contributed by atoms with E-state index in [0.717, 1.165) is 0 Å². The molecule has 0 N–H and O–H groups in total. The highest BCUT2D eigenvalue weighted by molar-refractivity contribution is 9.10. The Labute approximate surface area is 114 Å². The van der Waals surface area contributed by atoms with Crippen molar-refractivity contribution in [3.63, 3.8) is 0 Å². The monoisotopic (exact) mass is 346 g/mol. The van der Waals surface area contributed by atoms with E-state index in [2.05, 4.69) is 15.9 Å². The fourth-order valence-corrected chi connectivity index (χ4v) is 2.36. The highest BCUT2D eigenvalue weighted by Crippen LogP contribution is 2.39. The number of carbonyl (C=O) groups is 1. The first kappa shape index (κ1) is 14.9. The fourth-order valence-electron chi connectivity index (χ4n) is 1.15. The van der Waals surface area contributed by atoms with E-state index in [1.807, 2.05) is 0 Å². The van der Waals surface area contributed by atoms with Crippen molar-refractivity contribution in [2.45, 2.75) is 16.8 Å². The first-order valence-electron chi connectivity index (χ1n) is 4.48. The topological polar surface area (TPSA) is 17.1 Å². The predicted octanol–water partition coefficient (Wildman–Crippen LogP) is 4.87. The molecule has 1 rings (SSSR count). The van der Waals surface area contributed by atoms with Gasteiger partial charge in [-0.3, -0.25) is 4.79 Å². The van der Waals surface area contributed by atoms with Crippen LogP contribution in [0.1, 0.15) is 16.8 Å². The fraction of sp³-hybridized carbons (Fsp3) is 0.300. The lowest BCUT2D eigenvalue weighted by Crippen LogP contribution is -2.06. The van der Waals surface area contributed by atoms with Gasteiger partial charge in [-0.05, 0) is 30.0 Å². The summed E-state index contributed by atoms with van der Waals surface area (Å²) in [4.78, 5) is 11.5. The van der Waals surface area contributed by atoms with Crippen LogP contribution >= 0.6 is 39.3 Å². The van der Waals surface area contributed by atoms with Crippen LogP contribution in [0.15, 0.2) is 27.6 Å². The second kappa shape index (κ2) is 6.11. The maximum atomic E-state index is 12.3. The lowest BCUT2D eigenvalue weighted by Gasteiger charge is -2.10. The second-order valence-corrected chi connectivity index (χ2v) is 5.45. The first-order chi connectivity index (χ1) is 7.83. The SMILES string of the molecule is O=C(CCCl)c1cc(Br)ccc1SC(F)(F)F. The minimum atomic E-state index is -4.41. The summed E-state index contributed by atoms with van der Waals surface area (Å²) in [5.74, 6) is -0.311. The van der Waals surface area contributed by atoms with Gasteiger partial charge in [0, 0.05) is 27.2 Å². The number of rotatable bonds is 4. The lowest BCUT2D eigenvalue weighted by atomic mass is 10.1. The third kappa shape index (κ3) is 4.89. The molecule has 0 heterocycles. The van der Waals surface area contributed by atoms with Crippen molar-refractivity contribution in [1.82, 2.24) is 0 Å². The Bertz CT molecular complexity index is 423. The van der Waals surface area contributed by atoms with E-state index in [4.69, 9.17) is 11.6 Å². The summed E-state index contributed by atoms with van der Waals surface area (Å²) in [6.45, 7) is 0. The molecule has 1 aromatic carbocycles. The van der Waals surface area contributed by atoms with Crippen molar-refractivity contribution in [3.8, 4) is 0 Å². The average Bonchev–Trinajstić information content (AvgIpc) is 2.19. The zero-order valence-electron chi connectivity index (χ0n) is 8.35. The number of ketones is 1. The van der Waals surface area contributed by atoms with Crippen molar-refractivity contribution >= 4 is 45.1 Å². The molecule has 0 aliphatic carbocycles. The van der Waals surface area contributed by atoms with Gasteiger partial charge in [-0.25, -0.2) is 0 Å². The Morgan fingerprint density at radius 1 is 1.41 bits per heavy atom. The predicted molar refractivity (Wildman–Crippen MR) is 65.7 cm³/mol. The third-order valence-electron chi connectivity index (χ3n) is 1.79. The van der Waals surface area contributed by atoms with Crippen molar-refractivity contribution in [1.29, 1.82) is 0 Å². The summed E-state index contributed by atoms with van der Waals surface area (Å²) in [5, 5.41) is 0. The quantitative estimate of drug-likeness (QED) is 0.439. The van der Waals surface area contributed by atoms with E-state index in [-0.39, 0.29) is 34.5 Å². The van der Waals surface area contributed by atoms with Crippen LogP contribution < -0.4 is 0 Å². The molecule has 0 aliphatic heterocycles. The van der Waals surface area contributed by atoms with Gasteiger partial charge in [-0.2, -0.15) is 13.2 Å². The molecule has 94 valence electrons. The molecule has 17 heavy (non-hydrogen) atoms. The number of hydrogen-bond acceptors (Lipinski definition) is 2. The molecule has 0 aliphatic rings. The van der Waals surface area contributed by atoms with Gasteiger partial charge in [-0.15, -0.1) is 11.6 Å². The van der Waals surface area contributed by atoms with Crippen LogP contribution in [0.4, 0.5) is 13.2 Å². The second-order valence-electron chi connectivity index (χ2n) is 3.05. The van der Waals surface area contributed by atoms with Crippen LogP contribution in [0.25, 0.3) is 0 Å². The minimum absolute atomic E-state index is 0.0173. The number of benzene rings is 1. The molecule has 0 spiro atoms. The molecular weight excluding hydrogens is 341 g/mol. The molecule has 0 unspecified atom stereocenters. The molecule has 7 heteroatoms. The van der Waals surface area contributed by atoms with Crippen LogP contribution in [-0.4, -0.2) is 17.2 Å². The van der Waals surface area contributed by atoms with Crippen molar-refractivity contribution < 1.29 is 18.0 Å². The average molecular weight is 348 g/mol. The Hall–Kier alpha value is -0.200. The van der Waals surface area contributed by atoms with E-state index in [9.17, 15) is 18.0 Å². The highest BCUT2D eigenvalue weighted by Gasteiger charge is 2.31. The van der Waals surface area contributed by atoms with Gasteiger partial charge in [0.25, 0.3) is 0 Å². The van der Waals surface area contributed by atoms with E-state index >= 15 is 0 Å². The van der Waals surface area contributed by atoms with Gasteiger partial charge in [0.15, 0.2) is 5.78 Å². The van der Waals surface area contributed by atoms with E-state index < -0.39 is 11.3 Å². The Morgan fingerprint density at radius 3 is 2.59 bits per heavy atom. The van der Waals surface area contributed by atoms with Gasteiger partial charge in [0.1, 0.15) is 0 Å². The maximum Gasteiger partial charge on any atom is 0.446 e. The standard InChI is InChI=1S/C10H7BrClF3OS/c11-6-1-2-9(17-10(13,14)15)7(5-6)8(16)3-4-12/h1-2,5H,3-4H2. The highest BCUT2D eigenvalue weighted by atomic mass is 79.9. The summed E-state index contributed by atoms with van der Waals surface area (Å²) in [5.41, 5.74) is -4.37. The molecule has 0 fully saturated rings. The largest absolute Gasteiger partial charge is 0.446 e. The van der Waals surface area contributed by atoms with Crippen LogP contribution in [0, 0.1) is 0 Å². The zero-order valence-corrected chi connectivity index (χ0v) is 11.5. The molecule has 0 atom stereocenters. The van der Waals surface area contributed by atoms with Gasteiger partial charge in [0.05, 0.1) is 0 Å². The maximum absolute atomic E-state index is 12.3. The molecule has 0 amide bonds. The number of hydrogen-bond donors (Lipinski definition) is 0. The Balaban J connectivity index is 3.08. The van der Waals surface area contributed by atoms with Crippen molar-refractivity contribution in [2.75, 3.05) is 5.88 Å². The molecule has 0 bridgehead atoms. The molecule has 1 aromatic rings. The summed E-state index contributed by atoms with van der Waals surface area (Å²) in [6, 6.07) is 4.11. The molecule has 0 radical (unpaired) electrons. The number of Topliss-reactive ketones (excluding diaryl/α,β-unsaturated/α-hetero) is 1. The van der Waals surface area contributed by atoms with Gasteiger partial charge in [-0.1, -0.05) is 15.9 Å². The number of halogens is 5. The summed E-state index contributed by atoms with van der Waals surface area (Å²) in [6.07, 6.45) is 0.0173. The number of alkyl halides is 4. The van der Waals surface area contributed by atoms with Gasteiger partial charge in [0.2, 0.25) is 0 Å². The Kier molecular flexibility index (Phi) is 5.34. The van der Waals surface area contributed by atoms with Crippen molar-refractivity contribution in [3.05, 3.63) is 28.2 Å². The minimum Gasteiger partial charge on any atom is -0.294 e. The molecule has 0 saturated carbocycles. The third-order valence-corrected chi connectivity index (χ3v) is 3.28. The Morgan fingerprint density at radius 2 is 2.06 bits per heavy atom. The summed E-state index contributed by atoms with van der Waals surface area (Å²) < 4.78 is 37.4. The van der Waals surface area contributed by atoms with Crippen LogP contribution in [0.3, 0.4) is 0 Å². The molecule has 1 nitrogen and oxygen atoms in total. The van der Waals surface area contributed by atoms with Gasteiger partial charge >= 0.3 is 5.51 Å². The van der Waals surface area contributed by atoms with E-state index in [1.165, 1.54) is 18.2 Å². The zero-order chi connectivity index (χ0) is 13.1. The smallest absolute Gasteiger partial charge is 0.294 e. The van der Waals surface area contributed by atoms with Crippen molar-refractivity contribution in [2.24, 2.45) is 0 Å². The van der Waals surface area contributed by atoms with Crippen LogP contribution in [-0.2, 0) is 0 Å². The lowest BCUT2D eigenvalue weighted by molar-refractivity contribution is -0.0328. The number of thioether (sulfide) groups is 1. The summed E-state index contributed by atoms with van der Waals surface area (Å²) in [7, 11) is 0. The molecule has 0 saturated heterocycles. The molecule has 0 aromatic heterocycles.